The van der Waals surface area contributed by atoms with Crippen molar-refractivity contribution in [1.29, 1.82) is 0 Å². The van der Waals surface area contributed by atoms with Crippen molar-refractivity contribution in [2.45, 2.75) is 29.4 Å². The molecule has 1 fully saturated rings. The van der Waals surface area contributed by atoms with Gasteiger partial charge in [0.25, 0.3) is 10.0 Å². The van der Waals surface area contributed by atoms with Crippen LogP contribution in [0.5, 0.6) is 5.75 Å². The highest BCUT2D eigenvalue weighted by Gasteiger charge is 2.46. The van der Waals surface area contributed by atoms with Gasteiger partial charge in [-0.3, -0.25) is 14.4 Å². The Kier molecular flexibility index (Phi) is 5.42. The van der Waals surface area contributed by atoms with Gasteiger partial charge in [0.2, 0.25) is 5.91 Å². The van der Waals surface area contributed by atoms with E-state index >= 15 is 0 Å². The van der Waals surface area contributed by atoms with Crippen molar-refractivity contribution in [3.05, 3.63) is 48.3 Å². The van der Waals surface area contributed by atoms with Gasteiger partial charge in [-0.05, 0) is 55.3 Å². The molecule has 1 aliphatic heterocycles. The summed E-state index contributed by atoms with van der Waals surface area (Å²) in [6.45, 7) is -0.150. The Morgan fingerprint density at radius 3 is 2.53 bits per heavy atom. The summed E-state index contributed by atoms with van der Waals surface area (Å²) in [5, 5.41) is 13.8. The molecule has 2 amide bonds. The Balaban J connectivity index is 1.66. The third-order valence-corrected chi connectivity index (χ3v) is 7.07. The van der Waals surface area contributed by atoms with Crippen molar-refractivity contribution in [3.8, 4) is 5.75 Å². The number of amides is 2. The molecule has 0 bridgehead atoms. The van der Waals surface area contributed by atoms with E-state index in [1.165, 1.54) is 18.2 Å². The smallest absolute Gasteiger partial charge is 0.409 e. The molecule has 1 heterocycles. The van der Waals surface area contributed by atoms with E-state index in [4.69, 9.17) is 15.6 Å². The van der Waals surface area contributed by atoms with E-state index in [1.807, 2.05) is 0 Å². The molecule has 10 nitrogen and oxygen atoms in total. The first-order valence-corrected chi connectivity index (χ1v) is 11.2. The van der Waals surface area contributed by atoms with Gasteiger partial charge in [-0.15, -0.1) is 0 Å². The lowest BCUT2D eigenvalue weighted by Gasteiger charge is -2.36. The number of fused-ring (bicyclic) bond motifs is 1. The van der Waals surface area contributed by atoms with Crippen LogP contribution in [0.1, 0.15) is 12.8 Å². The molecule has 0 saturated heterocycles. The first kappa shape index (κ1) is 21.8. The Morgan fingerprint density at radius 1 is 1.22 bits per heavy atom. The van der Waals surface area contributed by atoms with Crippen molar-refractivity contribution in [3.63, 3.8) is 0 Å². The lowest BCUT2D eigenvalue weighted by molar-refractivity contribution is -0.123. The van der Waals surface area contributed by atoms with E-state index < -0.39 is 33.6 Å². The molecule has 0 radical (unpaired) electrons. The number of sulfonamides is 1. The molecule has 2 aromatic rings. The fourth-order valence-corrected chi connectivity index (χ4v) is 4.82. The van der Waals surface area contributed by atoms with Gasteiger partial charge in [0.15, 0.2) is 0 Å². The first-order chi connectivity index (χ1) is 15.1. The van der Waals surface area contributed by atoms with Crippen molar-refractivity contribution < 1.29 is 32.2 Å². The Hall–Kier alpha value is -3.38. The monoisotopic (exact) mass is 464 g/mol. The maximum Gasteiger partial charge on any atom is 0.409 e. The summed E-state index contributed by atoms with van der Waals surface area (Å²) in [6, 6.07) is 8.54. The number of carboxylic acid groups (broad SMARTS) is 1. The van der Waals surface area contributed by atoms with E-state index in [1.54, 1.807) is 0 Å². The van der Waals surface area contributed by atoms with E-state index in [9.17, 15) is 22.4 Å². The summed E-state index contributed by atoms with van der Waals surface area (Å²) in [5.74, 6) is -0.734. The van der Waals surface area contributed by atoms with Crippen LogP contribution in [0.3, 0.4) is 0 Å². The minimum atomic E-state index is -4.15. The molecule has 1 aliphatic carbocycles. The molecular weight excluding hydrogens is 443 g/mol. The number of carbonyl (C=O) groups is 2. The number of nitrogens with two attached hydrogens (primary N) is 1. The summed E-state index contributed by atoms with van der Waals surface area (Å²) in [6.07, 6.45) is -0.886. The molecule has 170 valence electrons. The zero-order chi connectivity index (χ0) is 23.1. The standard InChI is InChI=1S/C20H21FN4O6S/c21-12-1-4-15(5-2-12)32(29,30)25-11-14(10-23-18(26)20(22)7-8-20)31-17-6-3-13(9-16(17)25)24-19(27)28/h1-6,9,14,24H,7-8,10-11,22H2,(H,23,26)(H,27,28). The number of nitrogens with one attached hydrogen (secondary N) is 2. The fourth-order valence-electron chi connectivity index (χ4n) is 3.33. The van der Waals surface area contributed by atoms with Crippen LogP contribution in [-0.4, -0.2) is 50.3 Å². The lowest BCUT2D eigenvalue weighted by Crippen LogP contribution is -2.51. The SMILES string of the molecule is NC1(C(=O)NCC2CN(S(=O)(=O)c3ccc(F)cc3)c3cc(NC(=O)O)ccc3O2)CC1. The molecule has 32 heavy (non-hydrogen) atoms. The van der Waals surface area contributed by atoms with Gasteiger partial charge in [0.05, 0.1) is 29.2 Å². The van der Waals surface area contributed by atoms with Crippen LogP contribution in [0.4, 0.5) is 20.6 Å². The van der Waals surface area contributed by atoms with Crippen molar-refractivity contribution in [1.82, 2.24) is 5.32 Å². The van der Waals surface area contributed by atoms with E-state index in [-0.39, 0.29) is 41.0 Å². The second-order valence-corrected chi connectivity index (χ2v) is 9.57. The summed E-state index contributed by atoms with van der Waals surface area (Å²) in [7, 11) is -4.15. The number of nitrogens with zero attached hydrogens (tertiary/aromatic N) is 1. The molecule has 2 aromatic carbocycles. The van der Waals surface area contributed by atoms with Crippen molar-refractivity contribution in [2.24, 2.45) is 5.73 Å². The third-order valence-electron chi connectivity index (χ3n) is 5.27. The molecule has 5 N–H and O–H groups in total. The summed E-state index contributed by atoms with van der Waals surface area (Å²) in [5.41, 5.74) is 5.25. The van der Waals surface area contributed by atoms with Gasteiger partial charge in [0.1, 0.15) is 17.7 Å². The first-order valence-electron chi connectivity index (χ1n) is 9.75. The Morgan fingerprint density at radius 2 is 1.91 bits per heavy atom. The third kappa shape index (κ3) is 4.32. The minimum absolute atomic E-state index is 0.0157. The van der Waals surface area contributed by atoms with E-state index in [0.29, 0.717) is 12.8 Å². The van der Waals surface area contributed by atoms with Crippen LogP contribution in [0.25, 0.3) is 0 Å². The number of carbonyl (C=O) groups excluding carboxylic acids is 1. The highest BCUT2D eigenvalue weighted by atomic mass is 32.2. The summed E-state index contributed by atoms with van der Waals surface area (Å²) < 4.78 is 46.9. The lowest BCUT2D eigenvalue weighted by atomic mass is 10.2. The van der Waals surface area contributed by atoms with Crippen molar-refractivity contribution >= 4 is 33.4 Å². The zero-order valence-corrected chi connectivity index (χ0v) is 17.6. The van der Waals surface area contributed by atoms with E-state index in [0.717, 1.165) is 28.6 Å². The minimum Gasteiger partial charge on any atom is -0.484 e. The molecule has 1 unspecified atom stereocenters. The normalized spacial score (nSPS) is 18.8. The fraction of sp³-hybridized carbons (Fsp3) is 0.300. The number of anilines is 2. The molecule has 1 atom stereocenters. The van der Waals surface area contributed by atoms with Crippen LogP contribution in [-0.2, 0) is 14.8 Å². The zero-order valence-electron chi connectivity index (χ0n) is 16.7. The van der Waals surface area contributed by atoms with E-state index in [2.05, 4.69) is 10.6 Å². The van der Waals surface area contributed by atoms with Gasteiger partial charge in [-0.2, -0.15) is 0 Å². The second kappa shape index (κ2) is 7.95. The predicted molar refractivity (Wildman–Crippen MR) is 113 cm³/mol. The van der Waals surface area contributed by atoms with Crippen molar-refractivity contribution in [2.75, 3.05) is 22.7 Å². The highest BCUT2D eigenvalue weighted by Crippen LogP contribution is 2.39. The Bertz CT molecular complexity index is 1170. The second-order valence-electron chi connectivity index (χ2n) is 7.71. The maximum absolute atomic E-state index is 13.4. The maximum atomic E-state index is 13.4. The number of ether oxygens (including phenoxy) is 1. The van der Waals surface area contributed by atoms with Crippen LogP contribution in [0.2, 0.25) is 0 Å². The van der Waals surface area contributed by atoms with Gasteiger partial charge in [0, 0.05) is 5.69 Å². The molecule has 1 saturated carbocycles. The van der Waals surface area contributed by atoms with Crippen LogP contribution in [0.15, 0.2) is 47.4 Å². The summed E-state index contributed by atoms with van der Waals surface area (Å²) >= 11 is 0. The number of hydrogen-bond donors (Lipinski definition) is 4. The molecule has 2 aliphatic rings. The van der Waals surface area contributed by atoms with Gasteiger partial charge >= 0.3 is 6.09 Å². The number of halogens is 1. The molecular formula is C20H21FN4O6S. The quantitative estimate of drug-likeness (QED) is 0.505. The molecule has 0 aromatic heterocycles. The molecule has 4 rings (SSSR count). The molecule has 12 heteroatoms. The molecule has 0 spiro atoms. The van der Waals surface area contributed by atoms with Gasteiger partial charge < -0.3 is 20.9 Å². The average molecular weight is 464 g/mol. The van der Waals surface area contributed by atoms with Gasteiger partial charge in [-0.25, -0.2) is 17.6 Å². The largest absolute Gasteiger partial charge is 0.484 e. The van der Waals surface area contributed by atoms with Crippen LogP contribution >= 0.6 is 0 Å². The number of rotatable bonds is 6. The predicted octanol–water partition coefficient (Wildman–Crippen LogP) is 1.48. The summed E-state index contributed by atoms with van der Waals surface area (Å²) in [4.78, 5) is 23.0. The topological polar surface area (TPSA) is 151 Å². The number of hydrogen-bond acceptors (Lipinski definition) is 6. The average Bonchev–Trinajstić information content (AvgIpc) is 3.50. The number of benzene rings is 2. The Labute approximate surface area is 183 Å². The van der Waals surface area contributed by atoms with Crippen LogP contribution < -0.4 is 25.4 Å². The van der Waals surface area contributed by atoms with Gasteiger partial charge in [-0.1, -0.05) is 0 Å². The highest BCUT2D eigenvalue weighted by molar-refractivity contribution is 7.92. The van der Waals surface area contributed by atoms with Crippen LogP contribution in [0, 0.1) is 5.82 Å².